The van der Waals surface area contributed by atoms with Crippen LogP contribution in [-0.4, -0.2) is 43.7 Å². The van der Waals surface area contributed by atoms with Gasteiger partial charge < -0.3 is 16.4 Å². The summed E-state index contributed by atoms with van der Waals surface area (Å²) in [4.78, 5) is 24.7. The molecule has 5 rings (SSSR count). The number of piperidine rings is 1. The first-order chi connectivity index (χ1) is 18.7. The van der Waals surface area contributed by atoms with Gasteiger partial charge in [0.2, 0.25) is 15.9 Å². The minimum atomic E-state index is -3.94. The fourth-order valence-corrected chi connectivity index (χ4v) is 6.56. The van der Waals surface area contributed by atoms with Gasteiger partial charge in [0.1, 0.15) is 0 Å². The maximum Gasteiger partial charge on any atom is 0.251 e. The van der Waals surface area contributed by atoms with Crippen LogP contribution in [0.3, 0.4) is 0 Å². The lowest BCUT2D eigenvalue weighted by atomic mass is 9.99. The molecule has 2 fully saturated rings. The molecule has 0 bridgehead atoms. The van der Waals surface area contributed by atoms with E-state index in [2.05, 4.69) is 41.8 Å². The Morgan fingerprint density at radius 2 is 1.79 bits per heavy atom. The fourth-order valence-electron chi connectivity index (χ4n) is 4.97. The van der Waals surface area contributed by atoms with Crippen molar-refractivity contribution in [1.82, 2.24) is 9.62 Å². The first kappa shape index (κ1) is 26.9. The molecule has 2 amide bonds. The first-order valence-electron chi connectivity index (χ1n) is 13.3. The van der Waals surface area contributed by atoms with Gasteiger partial charge in [-0.3, -0.25) is 9.59 Å². The molecule has 1 saturated heterocycles. The number of anilines is 1. The molecule has 0 radical (unpaired) electrons. The van der Waals surface area contributed by atoms with E-state index in [0.29, 0.717) is 31.6 Å². The molecule has 1 aliphatic heterocycles. The van der Waals surface area contributed by atoms with Gasteiger partial charge in [-0.25, -0.2) is 8.42 Å². The summed E-state index contributed by atoms with van der Waals surface area (Å²) in [7, 11) is -3.94. The van der Waals surface area contributed by atoms with Gasteiger partial charge in [-0.1, -0.05) is 42.5 Å². The van der Waals surface area contributed by atoms with E-state index in [1.54, 1.807) is 12.1 Å². The minimum Gasteiger partial charge on any atom is -0.381 e. The van der Waals surface area contributed by atoms with Crippen LogP contribution in [0.15, 0.2) is 71.6 Å². The number of nitrogens with two attached hydrogens (primary N) is 1. The predicted molar refractivity (Wildman–Crippen MR) is 152 cm³/mol. The van der Waals surface area contributed by atoms with Crippen molar-refractivity contribution >= 4 is 27.5 Å². The molecule has 3 aromatic carbocycles. The molecule has 1 atom stereocenters. The Hall–Kier alpha value is -3.69. The van der Waals surface area contributed by atoms with Crippen molar-refractivity contribution in [1.29, 1.82) is 0 Å². The third kappa shape index (κ3) is 6.32. The molecule has 2 aliphatic rings. The van der Waals surface area contributed by atoms with Crippen LogP contribution in [-0.2, 0) is 21.4 Å². The van der Waals surface area contributed by atoms with E-state index in [0.717, 1.165) is 29.5 Å². The van der Waals surface area contributed by atoms with Gasteiger partial charge in [0.25, 0.3) is 5.91 Å². The van der Waals surface area contributed by atoms with Gasteiger partial charge in [0.15, 0.2) is 0 Å². The Morgan fingerprint density at radius 3 is 2.54 bits per heavy atom. The number of carbonyl (C=O) groups excluding carboxylic acids is 2. The van der Waals surface area contributed by atoms with Crippen LogP contribution in [0.4, 0.5) is 5.69 Å². The van der Waals surface area contributed by atoms with Crippen molar-refractivity contribution in [3.8, 4) is 11.1 Å². The Balaban J connectivity index is 1.42. The van der Waals surface area contributed by atoms with E-state index in [1.165, 1.54) is 15.9 Å². The second-order valence-corrected chi connectivity index (χ2v) is 12.4. The maximum atomic E-state index is 13.6. The number of hydrogen-bond acceptors (Lipinski definition) is 5. The number of rotatable bonds is 9. The summed E-state index contributed by atoms with van der Waals surface area (Å²) in [5.74, 6) is -1.32. The SMILES string of the molecule is Cc1ccccc1-c1cccc(CNc2cc(C(=O)NC3CC3)cc(S(=O)(=O)N3CCCC(C(N)=O)C3)c2)c1. The summed E-state index contributed by atoms with van der Waals surface area (Å²) < 4.78 is 28.6. The zero-order chi connectivity index (χ0) is 27.6. The monoisotopic (exact) mass is 546 g/mol. The lowest BCUT2D eigenvalue weighted by Gasteiger charge is -2.30. The minimum absolute atomic E-state index is 0.0206. The molecule has 204 valence electrons. The highest BCUT2D eigenvalue weighted by molar-refractivity contribution is 7.89. The van der Waals surface area contributed by atoms with E-state index in [1.807, 2.05) is 24.3 Å². The highest BCUT2D eigenvalue weighted by Crippen LogP contribution is 2.29. The molecular weight excluding hydrogens is 512 g/mol. The largest absolute Gasteiger partial charge is 0.381 e. The molecule has 39 heavy (non-hydrogen) atoms. The van der Waals surface area contributed by atoms with E-state index in [4.69, 9.17) is 5.73 Å². The van der Waals surface area contributed by atoms with Crippen molar-refractivity contribution in [2.45, 2.75) is 50.1 Å². The van der Waals surface area contributed by atoms with Crippen LogP contribution < -0.4 is 16.4 Å². The highest BCUT2D eigenvalue weighted by Gasteiger charge is 2.33. The van der Waals surface area contributed by atoms with Crippen LogP contribution in [0.1, 0.15) is 47.2 Å². The molecule has 1 saturated carbocycles. The number of benzene rings is 3. The quantitative estimate of drug-likeness (QED) is 0.374. The fraction of sp³-hybridized carbons (Fsp3) is 0.333. The van der Waals surface area contributed by atoms with E-state index >= 15 is 0 Å². The lowest BCUT2D eigenvalue weighted by molar-refractivity contribution is -0.122. The second kappa shape index (κ2) is 11.2. The van der Waals surface area contributed by atoms with E-state index in [9.17, 15) is 18.0 Å². The maximum absolute atomic E-state index is 13.6. The summed E-state index contributed by atoms with van der Waals surface area (Å²) >= 11 is 0. The molecule has 3 aromatic rings. The molecule has 8 nitrogen and oxygen atoms in total. The molecule has 0 aromatic heterocycles. The molecule has 1 unspecified atom stereocenters. The van der Waals surface area contributed by atoms with Crippen LogP contribution in [0.2, 0.25) is 0 Å². The number of amides is 2. The Labute approximate surface area is 229 Å². The number of aryl methyl sites for hydroxylation is 1. The van der Waals surface area contributed by atoms with Gasteiger partial charge in [0, 0.05) is 36.9 Å². The number of primary amides is 1. The van der Waals surface area contributed by atoms with Gasteiger partial charge >= 0.3 is 0 Å². The van der Waals surface area contributed by atoms with Crippen LogP contribution >= 0.6 is 0 Å². The summed E-state index contributed by atoms with van der Waals surface area (Å²) in [5, 5.41) is 6.27. The summed E-state index contributed by atoms with van der Waals surface area (Å²) in [6, 6.07) is 21.2. The van der Waals surface area contributed by atoms with Gasteiger partial charge in [-0.15, -0.1) is 0 Å². The number of nitrogens with one attached hydrogen (secondary N) is 2. The van der Waals surface area contributed by atoms with Crippen molar-refractivity contribution in [2.75, 3.05) is 18.4 Å². The number of nitrogens with zero attached hydrogens (tertiary/aromatic N) is 1. The second-order valence-electron chi connectivity index (χ2n) is 10.5. The molecule has 4 N–H and O–H groups in total. The zero-order valence-electron chi connectivity index (χ0n) is 22.0. The summed E-state index contributed by atoms with van der Waals surface area (Å²) in [6.45, 7) is 2.87. The third-order valence-corrected chi connectivity index (χ3v) is 9.23. The summed E-state index contributed by atoms with van der Waals surface area (Å²) in [5.41, 5.74) is 10.7. The van der Waals surface area contributed by atoms with Crippen LogP contribution in [0.5, 0.6) is 0 Å². The number of carbonyl (C=O) groups is 2. The van der Waals surface area contributed by atoms with Crippen molar-refractivity contribution < 1.29 is 18.0 Å². The standard InChI is InChI=1S/C30H34N4O4S/c1-20-6-2-3-10-28(20)22-8-4-7-21(14-22)18-32-26-15-24(30(36)33-25-11-12-25)16-27(17-26)39(37,38)34-13-5-9-23(19-34)29(31)35/h2-4,6-8,10,14-17,23,25,32H,5,9,11-13,18-19H2,1H3,(H2,31,35)(H,33,36). The molecular formula is C30H34N4O4S. The van der Waals surface area contributed by atoms with Gasteiger partial charge in [-0.2, -0.15) is 4.31 Å². The van der Waals surface area contributed by atoms with E-state index < -0.39 is 21.8 Å². The normalized spacial score (nSPS) is 17.9. The highest BCUT2D eigenvalue weighted by atomic mass is 32.2. The van der Waals surface area contributed by atoms with Crippen LogP contribution in [0, 0.1) is 12.8 Å². The topological polar surface area (TPSA) is 122 Å². The van der Waals surface area contributed by atoms with Crippen molar-refractivity contribution in [3.05, 3.63) is 83.4 Å². The third-order valence-electron chi connectivity index (χ3n) is 7.39. The summed E-state index contributed by atoms with van der Waals surface area (Å²) in [6.07, 6.45) is 2.97. The van der Waals surface area contributed by atoms with E-state index in [-0.39, 0.29) is 29.0 Å². The average Bonchev–Trinajstić information content (AvgIpc) is 3.76. The molecule has 1 aliphatic carbocycles. The lowest BCUT2D eigenvalue weighted by Crippen LogP contribution is -2.44. The van der Waals surface area contributed by atoms with Crippen molar-refractivity contribution in [3.63, 3.8) is 0 Å². The average molecular weight is 547 g/mol. The Kier molecular flexibility index (Phi) is 7.72. The molecule has 9 heteroatoms. The Bertz CT molecular complexity index is 1500. The molecule has 1 heterocycles. The zero-order valence-corrected chi connectivity index (χ0v) is 22.8. The van der Waals surface area contributed by atoms with Crippen LogP contribution in [0.25, 0.3) is 11.1 Å². The van der Waals surface area contributed by atoms with Gasteiger partial charge in [0.05, 0.1) is 10.8 Å². The Morgan fingerprint density at radius 1 is 1.00 bits per heavy atom. The predicted octanol–water partition coefficient (Wildman–Crippen LogP) is 4.05. The molecule has 0 spiro atoms. The number of sulfonamides is 1. The van der Waals surface area contributed by atoms with Crippen molar-refractivity contribution in [2.24, 2.45) is 11.7 Å². The number of hydrogen-bond donors (Lipinski definition) is 3. The van der Waals surface area contributed by atoms with Gasteiger partial charge in [-0.05, 0) is 79.1 Å². The first-order valence-corrected chi connectivity index (χ1v) is 14.8. The smallest absolute Gasteiger partial charge is 0.251 e.